The molecule has 8 heteroatoms. The molecule has 0 spiro atoms. The molecule has 1 saturated heterocycles. The van der Waals surface area contributed by atoms with Crippen LogP contribution < -0.4 is 10.5 Å². The molecule has 1 aromatic heterocycles. The van der Waals surface area contributed by atoms with Crippen molar-refractivity contribution in [2.75, 3.05) is 13.2 Å². The first kappa shape index (κ1) is 15.0. The van der Waals surface area contributed by atoms with Crippen molar-refractivity contribution >= 4 is 15.9 Å². The van der Waals surface area contributed by atoms with Crippen molar-refractivity contribution in [1.82, 2.24) is 9.88 Å². The molecule has 0 radical (unpaired) electrons. The van der Waals surface area contributed by atoms with E-state index in [9.17, 15) is 13.2 Å². The summed E-state index contributed by atoms with van der Waals surface area (Å²) in [6.45, 7) is 5.26. The maximum atomic E-state index is 12.3. The van der Waals surface area contributed by atoms with Gasteiger partial charge in [0.25, 0.3) is 5.91 Å². The molecule has 0 saturated carbocycles. The van der Waals surface area contributed by atoms with Gasteiger partial charge < -0.3 is 14.6 Å². The van der Waals surface area contributed by atoms with Gasteiger partial charge in [-0.1, -0.05) is 0 Å². The summed E-state index contributed by atoms with van der Waals surface area (Å²) in [5.41, 5.74) is -0.133. The molecule has 0 aliphatic carbocycles. The number of aromatic nitrogens is 1. The van der Waals surface area contributed by atoms with Crippen molar-refractivity contribution < 1.29 is 17.9 Å². The summed E-state index contributed by atoms with van der Waals surface area (Å²) >= 11 is 0. The molecule has 1 aromatic rings. The lowest BCUT2D eigenvalue weighted by Crippen LogP contribution is -2.46. The number of hydrogen-bond donors (Lipinski definition) is 2. The summed E-state index contributed by atoms with van der Waals surface area (Å²) in [7, 11) is -3.82. The second-order valence-corrected chi connectivity index (χ2v) is 6.77. The van der Waals surface area contributed by atoms with Gasteiger partial charge in [-0.25, -0.2) is 13.6 Å². The van der Waals surface area contributed by atoms with Crippen molar-refractivity contribution in [3.63, 3.8) is 0 Å². The van der Waals surface area contributed by atoms with E-state index in [1.54, 1.807) is 4.57 Å². The molecule has 1 fully saturated rings. The van der Waals surface area contributed by atoms with Crippen molar-refractivity contribution in [2.45, 2.75) is 37.2 Å². The first-order valence-electron chi connectivity index (χ1n) is 6.38. The lowest BCUT2D eigenvalue weighted by atomic mass is 10.0. The summed E-state index contributed by atoms with van der Waals surface area (Å²) < 4.78 is 29.6. The maximum Gasteiger partial charge on any atom is 0.268 e. The van der Waals surface area contributed by atoms with Gasteiger partial charge in [-0.3, -0.25) is 4.79 Å². The normalized spacial score (nSPS) is 22.9. The molecular formula is C12H19N3O4S. The quantitative estimate of drug-likeness (QED) is 0.821. The van der Waals surface area contributed by atoms with Crippen LogP contribution in [-0.2, 0) is 21.3 Å². The molecule has 7 nitrogen and oxygen atoms in total. The van der Waals surface area contributed by atoms with Crippen LogP contribution in [0.3, 0.4) is 0 Å². The fourth-order valence-electron chi connectivity index (χ4n) is 2.20. The van der Waals surface area contributed by atoms with Crippen molar-refractivity contribution in [2.24, 2.45) is 5.14 Å². The second-order valence-electron chi connectivity index (χ2n) is 5.21. The van der Waals surface area contributed by atoms with Gasteiger partial charge in [-0.05, 0) is 26.3 Å². The number of amides is 1. The minimum atomic E-state index is -3.82. The Morgan fingerprint density at radius 3 is 2.80 bits per heavy atom. The van der Waals surface area contributed by atoms with Crippen LogP contribution in [0.2, 0.25) is 0 Å². The van der Waals surface area contributed by atoms with E-state index >= 15 is 0 Å². The lowest BCUT2D eigenvalue weighted by molar-refractivity contribution is 0.0880. The summed E-state index contributed by atoms with van der Waals surface area (Å²) in [6.07, 6.45) is 2.10. The zero-order valence-corrected chi connectivity index (χ0v) is 12.4. The second kappa shape index (κ2) is 5.19. The number of rotatable bonds is 4. The molecule has 1 amide bonds. The summed E-state index contributed by atoms with van der Waals surface area (Å²) in [6, 6.07) is 1.30. The molecule has 0 bridgehead atoms. The van der Waals surface area contributed by atoms with Crippen LogP contribution in [0, 0.1) is 0 Å². The number of nitrogens with one attached hydrogen (secondary N) is 1. The maximum absolute atomic E-state index is 12.3. The van der Waals surface area contributed by atoms with E-state index in [0.29, 0.717) is 19.8 Å². The molecule has 3 N–H and O–H groups in total. The van der Waals surface area contributed by atoms with Crippen molar-refractivity contribution in [3.8, 4) is 0 Å². The Kier molecular flexibility index (Phi) is 3.90. The number of carbonyl (C=O) groups excluding carboxylic acids is 1. The van der Waals surface area contributed by atoms with Gasteiger partial charge in [-0.15, -0.1) is 0 Å². The minimum absolute atomic E-state index is 0.0580. The summed E-state index contributed by atoms with van der Waals surface area (Å²) in [5, 5.41) is 7.98. The fraction of sp³-hybridized carbons (Fsp3) is 0.583. The Balaban J connectivity index is 2.27. The molecule has 0 aromatic carbocycles. The zero-order chi connectivity index (χ0) is 15.0. The number of hydrogen-bond acceptors (Lipinski definition) is 4. The third-order valence-electron chi connectivity index (χ3n) is 3.41. The largest absolute Gasteiger partial charge is 0.379 e. The van der Waals surface area contributed by atoms with Crippen molar-refractivity contribution in [3.05, 3.63) is 18.0 Å². The van der Waals surface area contributed by atoms with E-state index in [1.807, 2.05) is 13.8 Å². The van der Waals surface area contributed by atoms with Gasteiger partial charge in [0.1, 0.15) is 10.6 Å². The van der Waals surface area contributed by atoms with Crippen LogP contribution in [0.5, 0.6) is 0 Å². The molecule has 1 aliphatic rings. The number of carbonyl (C=O) groups is 1. The molecule has 1 aliphatic heterocycles. The standard InChI is InChI=1S/C12H19N3O4S/c1-3-15-7-9(20(13,17)18)6-10(15)11(16)14-12(2)4-5-19-8-12/h6-7H,3-5,8H2,1-2H3,(H,14,16)(H2,13,17,18). The highest BCUT2D eigenvalue weighted by atomic mass is 32.2. The molecule has 1 atom stereocenters. The van der Waals surface area contributed by atoms with Gasteiger partial charge >= 0.3 is 0 Å². The average molecular weight is 301 g/mol. The lowest BCUT2D eigenvalue weighted by Gasteiger charge is -2.23. The highest BCUT2D eigenvalue weighted by Crippen LogP contribution is 2.19. The Labute approximate surface area is 118 Å². The third kappa shape index (κ3) is 3.02. The molecular weight excluding hydrogens is 282 g/mol. The van der Waals surface area contributed by atoms with E-state index in [2.05, 4.69) is 5.32 Å². The van der Waals surface area contributed by atoms with E-state index in [-0.39, 0.29) is 16.5 Å². The Hall–Kier alpha value is -1.38. The number of sulfonamides is 1. The first-order chi connectivity index (χ1) is 9.25. The minimum Gasteiger partial charge on any atom is -0.379 e. The molecule has 2 rings (SSSR count). The van der Waals surface area contributed by atoms with Crippen LogP contribution in [0.25, 0.3) is 0 Å². The Morgan fingerprint density at radius 1 is 1.60 bits per heavy atom. The number of nitrogens with two attached hydrogens (primary N) is 1. The topological polar surface area (TPSA) is 103 Å². The third-order valence-corrected chi connectivity index (χ3v) is 4.29. The van der Waals surface area contributed by atoms with Crippen molar-refractivity contribution in [1.29, 1.82) is 0 Å². The average Bonchev–Trinajstić information content (AvgIpc) is 2.94. The van der Waals surface area contributed by atoms with E-state index in [1.165, 1.54) is 12.3 Å². The molecule has 2 heterocycles. The number of primary sulfonamides is 1. The predicted octanol–water partition coefficient (Wildman–Crippen LogP) is 0.0642. The van der Waals surface area contributed by atoms with Gasteiger partial charge in [-0.2, -0.15) is 0 Å². The summed E-state index contributed by atoms with van der Waals surface area (Å²) in [4.78, 5) is 12.2. The summed E-state index contributed by atoms with van der Waals surface area (Å²) in [5.74, 6) is -0.324. The SMILES string of the molecule is CCn1cc(S(N)(=O)=O)cc1C(=O)NC1(C)CCOC1. The van der Waals surface area contributed by atoms with Crippen LogP contribution >= 0.6 is 0 Å². The van der Waals surface area contributed by atoms with Crippen LogP contribution in [0.1, 0.15) is 30.8 Å². The number of nitrogens with zero attached hydrogens (tertiary/aromatic N) is 1. The van der Waals surface area contributed by atoms with Gasteiger partial charge in [0.15, 0.2) is 0 Å². The van der Waals surface area contributed by atoms with Gasteiger partial charge in [0.05, 0.1) is 12.1 Å². The first-order valence-corrected chi connectivity index (χ1v) is 7.93. The Morgan fingerprint density at radius 2 is 2.30 bits per heavy atom. The van der Waals surface area contributed by atoms with Gasteiger partial charge in [0.2, 0.25) is 10.0 Å². The molecule has 1 unspecified atom stereocenters. The predicted molar refractivity (Wildman–Crippen MR) is 72.8 cm³/mol. The monoisotopic (exact) mass is 301 g/mol. The smallest absolute Gasteiger partial charge is 0.268 e. The highest BCUT2D eigenvalue weighted by Gasteiger charge is 2.32. The van der Waals surface area contributed by atoms with Gasteiger partial charge in [0, 0.05) is 19.3 Å². The van der Waals surface area contributed by atoms with Crippen LogP contribution in [-0.4, -0.2) is 37.6 Å². The van der Waals surface area contributed by atoms with Crippen LogP contribution in [0.4, 0.5) is 0 Å². The number of aryl methyl sites for hydroxylation is 1. The Bertz CT molecular complexity index is 615. The van der Waals surface area contributed by atoms with E-state index < -0.39 is 15.6 Å². The van der Waals surface area contributed by atoms with E-state index in [0.717, 1.165) is 6.42 Å². The zero-order valence-electron chi connectivity index (χ0n) is 11.5. The highest BCUT2D eigenvalue weighted by molar-refractivity contribution is 7.89. The fourth-order valence-corrected chi connectivity index (χ4v) is 2.75. The van der Waals surface area contributed by atoms with E-state index in [4.69, 9.17) is 9.88 Å². The molecule has 112 valence electrons. The van der Waals surface area contributed by atoms with Crippen LogP contribution in [0.15, 0.2) is 17.2 Å². The number of ether oxygens (including phenoxy) is 1. The molecule has 20 heavy (non-hydrogen) atoms.